The van der Waals surface area contributed by atoms with Gasteiger partial charge in [-0.3, -0.25) is 4.79 Å². The molecule has 1 saturated heterocycles. The molecule has 1 rings (SSSR count). The molecule has 9 heteroatoms. The summed E-state index contributed by atoms with van der Waals surface area (Å²) >= 11 is 0. The number of carboxylic acid groups (broad SMARTS) is 1. The lowest BCUT2D eigenvalue weighted by molar-refractivity contribution is -0.142. The van der Waals surface area contributed by atoms with Crippen molar-refractivity contribution in [3.63, 3.8) is 0 Å². The molecule has 1 aliphatic heterocycles. The third-order valence-electron chi connectivity index (χ3n) is 2.62. The molecule has 0 saturated carbocycles. The summed E-state index contributed by atoms with van der Waals surface area (Å²) in [5.74, 6) is -1.19. The van der Waals surface area contributed by atoms with Gasteiger partial charge >= 0.3 is 5.97 Å². The Kier molecular flexibility index (Phi) is 4.44. The van der Waals surface area contributed by atoms with Crippen molar-refractivity contribution in [3.8, 4) is 0 Å². The molecule has 0 radical (unpaired) electrons. The molecule has 8 nitrogen and oxygen atoms in total. The second-order valence-electron chi connectivity index (χ2n) is 3.94. The number of hydrogen-bond acceptors (Lipinski definition) is 5. The zero-order chi connectivity index (χ0) is 13.1. The van der Waals surface area contributed by atoms with Gasteiger partial charge in [-0.2, -0.15) is 17.4 Å². The fraction of sp³-hybridized carbons (Fsp3) is 0.875. The molecule has 0 bridgehead atoms. The number of aliphatic carboxylic acids is 1. The molecule has 1 unspecified atom stereocenters. The Balaban J connectivity index is 2.61. The van der Waals surface area contributed by atoms with Crippen molar-refractivity contribution in [2.45, 2.75) is 12.0 Å². The van der Waals surface area contributed by atoms with Crippen LogP contribution in [0.3, 0.4) is 0 Å². The van der Waals surface area contributed by atoms with Crippen LogP contribution in [-0.2, 0) is 19.7 Å². The lowest BCUT2D eigenvalue weighted by Crippen LogP contribution is -2.51. The summed E-state index contributed by atoms with van der Waals surface area (Å²) in [5, 5.41) is 8.88. The average molecular weight is 267 g/mol. The number of methoxy groups -OCH3 is 1. The van der Waals surface area contributed by atoms with E-state index in [1.807, 2.05) is 0 Å². The van der Waals surface area contributed by atoms with E-state index in [-0.39, 0.29) is 32.7 Å². The van der Waals surface area contributed by atoms with Gasteiger partial charge in [0.15, 0.2) is 0 Å². The van der Waals surface area contributed by atoms with E-state index in [0.29, 0.717) is 0 Å². The Labute approximate surface area is 99.9 Å². The largest absolute Gasteiger partial charge is 0.480 e. The summed E-state index contributed by atoms with van der Waals surface area (Å²) in [6.07, 6.45) is 0.105. The lowest BCUT2D eigenvalue weighted by atomic mass is 10.0. The number of ether oxygens (including phenoxy) is 1. The summed E-state index contributed by atoms with van der Waals surface area (Å²) < 4.78 is 31.5. The van der Waals surface area contributed by atoms with E-state index in [0.717, 1.165) is 4.31 Å². The highest BCUT2D eigenvalue weighted by atomic mass is 32.2. The van der Waals surface area contributed by atoms with Gasteiger partial charge in [-0.15, -0.1) is 0 Å². The maximum absolute atomic E-state index is 11.7. The van der Waals surface area contributed by atoms with E-state index in [1.54, 1.807) is 0 Å². The first-order valence-corrected chi connectivity index (χ1v) is 6.52. The van der Waals surface area contributed by atoms with Crippen LogP contribution in [0, 0.1) is 0 Å². The van der Waals surface area contributed by atoms with Gasteiger partial charge in [0.25, 0.3) is 10.2 Å². The SMILES string of the molecule is COCCNS(=O)(=O)N1CCC(N)(C(=O)O)C1. The Morgan fingerprint density at radius 1 is 1.65 bits per heavy atom. The smallest absolute Gasteiger partial charge is 0.325 e. The van der Waals surface area contributed by atoms with Gasteiger partial charge in [-0.1, -0.05) is 0 Å². The van der Waals surface area contributed by atoms with Gasteiger partial charge in [0.05, 0.1) is 6.61 Å². The maximum Gasteiger partial charge on any atom is 0.325 e. The number of nitrogens with zero attached hydrogens (tertiary/aromatic N) is 1. The number of rotatable bonds is 6. The van der Waals surface area contributed by atoms with Crippen molar-refractivity contribution < 1.29 is 23.1 Å². The van der Waals surface area contributed by atoms with Crippen LogP contribution < -0.4 is 10.5 Å². The van der Waals surface area contributed by atoms with Crippen LogP contribution in [0.5, 0.6) is 0 Å². The minimum atomic E-state index is -3.68. The van der Waals surface area contributed by atoms with Crippen LogP contribution in [0.15, 0.2) is 0 Å². The first-order valence-electron chi connectivity index (χ1n) is 5.08. The van der Waals surface area contributed by atoms with Gasteiger partial charge in [-0.25, -0.2) is 0 Å². The van der Waals surface area contributed by atoms with Crippen molar-refractivity contribution in [1.29, 1.82) is 0 Å². The molecule has 0 aromatic heterocycles. The van der Waals surface area contributed by atoms with E-state index in [1.165, 1.54) is 7.11 Å². The first kappa shape index (κ1) is 14.3. The highest BCUT2D eigenvalue weighted by molar-refractivity contribution is 7.87. The van der Waals surface area contributed by atoms with E-state index < -0.39 is 21.7 Å². The molecule has 0 aromatic rings. The molecule has 0 aliphatic carbocycles. The monoisotopic (exact) mass is 267 g/mol. The predicted molar refractivity (Wildman–Crippen MR) is 59.5 cm³/mol. The maximum atomic E-state index is 11.7. The third-order valence-corrected chi connectivity index (χ3v) is 4.18. The molecule has 100 valence electrons. The van der Waals surface area contributed by atoms with E-state index in [9.17, 15) is 13.2 Å². The van der Waals surface area contributed by atoms with Crippen molar-refractivity contribution in [2.24, 2.45) is 5.73 Å². The minimum Gasteiger partial charge on any atom is -0.480 e. The quantitative estimate of drug-likeness (QED) is 0.476. The van der Waals surface area contributed by atoms with Crippen LogP contribution in [0.4, 0.5) is 0 Å². The Morgan fingerprint density at radius 2 is 2.29 bits per heavy atom. The van der Waals surface area contributed by atoms with Crippen LogP contribution in [0.1, 0.15) is 6.42 Å². The normalized spacial score (nSPS) is 26.2. The Bertz CT molecular complexity index is 385. The number of nitrogens with one attached hydrogen (secondary N) is 1. The fourth-order valence-electron chi connectivity index (χ4n) is 1.54. The summed E-state index contributed by atoms with van der Waals surface area (Å²) in [5.41, 5.74) is 4.10. The second kappa shape index (κ2) is 5.27. The molecular weight excluding hydrogens is 250 g/mol. The van der Waals surface area contributed by atoms with Crippen LogP contribution in [-0.4, -0.2) is 62.7 Å². The summed E-state index contributed by atoms with van der Waals surface area (Å²) in [7, 11) is -2.22. The third kappa shape index (κ3) is 3.36. The molecule has 0 spiro atoms. The van der Waals surface area contributed by atoms with Gasteiger partial charge in [-0.05, 0) is 6.42 Å². The highest BCUT2D eigenvalue weighted by Crippen LogP contribution is 2.20. The average Bonchev–Trinajstić information content (AvgIpc) is 2.63. The molecule has 0 amide bonds. The van der Waals surface area contributed by atoms with Crippen LogP contribution in [0.25, 0.3) is 0 Å². The van der Waals surface area contributed by atoms with Crippen molar-refractivity contribution >= 4 is 16.2 Å². The van der Waals surface area contributed by atoms with Gasteiger partial charge in [0, 0.05) is 26.7 Å². The summed E-state index contributed by atoms with van der Waals surface area (Å²) in [6, 6.07) is 0. The first-order chi connectivity index (χ1) is 7.82. The molecule has 0 aromatic carbocycles. The van der Waals surface area contributed by atoms with Crippen LogP contribution >= 0.6 is 0 Å². The van der Waals surface area contributed by atoms with Gasteiger partial charge < -0.3 is 15.6 Å². The fourth-order valence-corrected chi connectivity index (χ4v) is 2.80. The van der Waals surface area contributed by atoms with Gasteiger partial charge in [0.2, 0.25) is 0 Å². The highest BCUT2D eigenvalue weighted by Gasteiger charge is 2.45. The molecular formula is C8H17N3O5S. The standard InChI is InChI=1S/C8H17N3O5S/c1-16-5-3-10-17(14,15)11-4-2-8(9,6-11)7(12)13/h10H,2-6,9H2,1H3,(H,12,13). The van der Waals surface area contributed by atoms with Gasteiger partial charge in [0.1, 0.15) is 5.54 Å². The summed E-state index contributed by atoms with van der Waals surface area (Å²) in [4.78, 5) is 10.9. The minimum absolute atomic E-state index is 0.102. The Morgan fingerprint density at radius 3 is 2.76 bits per heavy atom. The summed E-state index contributed by atoms with van der Waals surface area (Å²) in [6.45, 7) is 0.273. The van der Waals surface area contributed by atoms with E-state index in [4.69, 9.17) is 15.6 Å². The molecule has 1 aliphatic rings. The molecule has 1 heterocycles. The Hall–Kier alpha value is -0.740. The van der Waals surface area contributed by atoms with E-state index >= 15 is 0 Å². The number of carboxylic acids is 1. The zero-order valence-corrected chi connectivity index (χ0v) is 10.4. The van der Waals surface area contributed by atoms with Crippen molar-refractivity contribution in [3.05, 3.63) is 0 Å². The van der Waals surface area contributed by atoms with Crippen LogP contribution in [0.2, 0.25) is 0 Å². The van der Waals surface area contributed by atoms with Crippen molar-refractivity contribution in [1.82, 2.24) is 9.03 Å². The lowest BCUT2D eigenvalue weighted by Gasteiger charge is -2.20. The number of carbonyl (C=O) groups is 1. The second-order valence-corrected chi connectivity index (χ2v) is 5.69. The topological polar surface area (TPSA) is 122 Å². The number of hydrogen-bond donors (Lipinski definition) is 3. The zero-order valence-electron chi connectivity index (χ0n) is 9.55. The molecule has 1 atom stereocenters. The number of nitrogens with two attached hydrogens (primary N) is 1. The molecule has 4 N–H and O–H groups in total. The van der Waals surface area contributed by atoms with Crippen molar-refractivity contribution in [2.75, 3.05) is 33.4 Å². The molecule has 1 fully saturated rings. The predicted octanol–water partition coefficient (Wildman–Crippen LogP) is -2.04. The van der Waals surface area contributed by atoms with E-state index in [2.05, 4.69) is 4.72 Å². The molecule has 17 heavy (non-hydrogen) atoms.